The summed E-state index contributed by atoms with van der Waals surface area (Å²) in [4.78, 5) is 40.4. The van der Waals surface area contributed by atoms with E-state index in [9.17, 15) is 14.4 Å². The van der Waals surface area contributed by atoms with E-state index >= 15 is 0 Å². The number of anilines is 1. The lowest BCUT2D eigenvalue weighted by atomic mass is 9.95. The molecule has 168 valence electrons. The molecule has 32 heavy (non-hydrogen) atoms. The molecule has 0 spiro atoms. The Balaban J connectivity index is 1.47. The van der Waals surface area contributed by atoms with Crippen molar-refractivity contribution in [3.05, 3.63) is 81.0 Å². The Bertz CT molecular complexity index is 1190. The van der Waals surface area contributed by atoms with Crippen molar-refractivity contribution in [2.24, 2.45) is 13.0 Å². The second-order valence-corrected chi connectivity index (χ2v) is 8.13. The molecule has 4 rings (SSSR count). The Labute approximate surface area is 186 Å². The van der Waals surface area contributed by atoms with E-state index in [4.69, 9.17) is 4.42 Å². The summed E-state index contributed by atoms with van der Waals surface area (Å²) in [6, 6.07) is 13.0. The normalized spacial score (nSPS) is 14.5. The molecule has 2 aromatic heterocycles. The highest BCUT2D eigenvalue weighted by Gasteiger charge is 2.28. The van der Waals surface area contributed by atoms with Crippen LogP contribution in [-0.4, -0.2) is 34.7 Å². The number of nitrogens with one attached hydrogen (secondary N) is 1. The summed E-state index contributed by atoms with van der Waals surface area (Å²) in [6.07, 6.45) is 3.59. The van der Waals surface area contributed by atoms with Gasteiger partial charge in [0.15, 0.2) is 0 Å². The van der Waals surface area contributed by atoms with E-state index in [2.05, 4.69) is 5.32 Å². The minimum Gasteiger partial charge on any atom is -0.469 e. The highest BCUT2D eigenvalue weighted by atomic mass is 16.3. The van der Waals surface area contributed by atoms with Crippen LogP contribution in [0.25, 0.3) is 5.69 Å². The van der Waals surface area contributed by atoms with Crippen LogP contribution in [0.5, 0.6) is 0 Å². The number of carbonyl (C=O) groups excluding carboxylic acids is 1. The lowest BCUT2D eigenvalue weighted by molar-refractivity contribution is -0.125. The van der Waals surface area contributed by atoms with Gasteiger partial charge in [0.2, 0.25) is 5.91 Å². The second kappa shape index (κ2) is 9.30. The third kappa shape index (κ3) is 4.26. The maximum atomic E-state index is 13.0. The fourth-order valence-corrected chi connectivity index (χ4v) is 4.32. The van der Waals surface area contributed by atoms with Crippen LogP contribution in [-0.2, 0) is 18.3 Å². The maximum Gasteiger partial charge on any atom is 0.335 e. The maximum absolute atomic E-state index is 13.0. The van der Waals surface area contributed by atoms with Crippen LogP contribution >= 0.6 is 0 Å². The number of carbonyl (C=O) groups is 1. The fourth-order valence-electron chi connectivity index (χ4n) is 4.32. The van der Waals surface area contributed by atoms with Gasteiger partial charge >= 0.3 is 5.69 Å². The number of hydrogen-bond acceptors (Lipinski definition) is 5. The van der Waals surface area contributed by atoms with Crippen LogP contribution in [0.4, 0.5) is 5.69 Å². The topological polar surface area (TPSA) is 89.5 Å². The summed E-state index contributed by atoms with van der Waals surface area (Å²) in [5.74, 6) is 0.794. The zero-order valence-corrected chi connectivity index (χ0v) is 18.4. The van der Waals surface area contributed by atoms with Crippen molar-refractivity contribution in [1.82, 2.24) is 14.5 Å². The number of benzene rings is 1. The summed E-state index contributed by atoms with van der Waals surface area (Å²) in [5, 5.41) is 2.99. The number of para-hydroxylation sites is 1. The Hall–Kier alpha value is -3.55. The Morgan fingerprint density at radius 1 is 1.09 bits per heavy atom. The zero-order valence-electron chi connectivity index (χ0n) is 18.4. The molecule has 0 atom stereocenters. The van der Waals surface area contributed by atoms with Gasteiger partial charge in [0, 0.05) is 39.0 Å². The molecule has 1 aliphatic heterocycles. The molecular weight excluding hydrogens is 408 g/mol. The minimum absolute atomic E-state index is 0.0371. The highest BCUT2D eigenvalue weighted by molar-refractivity contribution is 5.79. The van der Waals surface area contributed by atoms with E-state index in [-0.39, 0.29) is 23.1 Å². The molecule has 0 bridgehead atoms. The van der Waals surface area contributed by atoms with Crippen LogP contribution in [0.2, 0.25) is 0 Å². The van der Waals surface area contributed by atoms with Crippen LogP contribution in [0.1, 0.15) is 24.3 Å². The van der Waals surface area contributed by atoms with Gasteiger partial charge in [0.05, 0.1) is 17.6 Å². The van der Waals surface area contributed by atoms with E-state index in [1.54, 1.807) is 17.8 Å². The van der Waals surface area contributed by atoms with E-state index < -0.39 is 0 Å². The minimum atomic E-state index is -0.367. The van der Waals surface area contributed by atoms with Crippen LogP contribution in [0.3, 0.4) is 0 Å². The molecule has 0 radical (unpaired) electrons. The summed E-state index contributed by atoms with van der Waals surface area (Å²) in [6.45, 7) is 3.51. The fraction of sp³-hybridized carbons (Fsp3) is 0.375. The van der Waals surface area contributed by atoms with Crippen LogP contribution < -0.4 is 21.5 Å². The Kier molecular flexibility index (Phi) is 6.30. The average molecular weight is 437 g/mol. The van der Waals surface area contributed by atoms with E-state index in [0.717, 1.165) is 16.0 Å². The lowest BCUT2D eigenvalue weighted by Crippen LogP contribution is -2.46. The summed E-state index contributed by atoms with van der Waals surface area (Å²) in [5.41, 5.74) is 1.19. The van der Waals surface area contributed by atoms with Crippen LogP contribution in [0.15, 0.2) is 62.7 Å². The van der Waals surface area contributed by atoms with Crippen LogP contribution in [0, 0.1) is 12.8 Å². The molecule has 0 unspecified atom stereocenters. The second-order valence-electron chi connectivity index (χ2n) is 8.13. The van der Waals surface area contributed by atoms with Gasteiger partial charge in [0.1, 0.15) is 11.4 Å². The standard InChI is InChI=1S/C24H28N4O4/c1-17-21(23(30)26(2)24(31)28(17)19-7-4-3-5-8-19)27-14-11-18(12-15-27)22(29)25-13-10-20-9-6-16-32-20/h3-9,16,18H,10-15H2,1-2H3,(H,25,29). The molecule has 0 aliphatic carbocycles. The molecule has 8 heteroatoms. The number of rotatable bonds is 6. The van der Waals surface area contributed by atoms with Gasteiger partial charge < -0.3 is 14.6 Å². The average Bonchev–Trinajstić information content (AvgIpc) is 3.32. The predicted molar refractivity (Wildman–Crippen MR) is 122 cm³/mol. The van der Waals surface area contributed by atoms with Gasteiger partial charge in [0.25, 0.3) is 5.56 Å². The quantitative estimate of drug-likeness (QED) is 0.639. The summed E-state index contributed by atoms with van der Waals surface area (Å²) in [7, 11) is 1.51. The first-order chi connectivity index (χ1) is 15.5. The van der Waals surface area contributed by atoms with Crippen molar-refractivity contribution < 1.29 is 9.21 Å². The van der Waals surface area contributed by atoms with Crippen molar-refractivity contribution in [2.45, 2.75) is 26.2 Å². The molecular formula is C24H28N4O4. The summed E-state index contributed by atoms with van der Waals surface area (Å²) >= 11 is 0. The number of nitrogens with zero attached hydrogens (tertiary/aromatic N) is 3. The van der Waals surface area contributed by atoms with Gasteiger partial charge in [-0.15, -0.1) is 0 Å². The van der Waals surface area contributed by atoms with E-state index in [1.165, 1.54) is 7.05 Å². The number of aromatic nitrogens is 2. The molecule has 8 nitrogen and oxygen atoms in total. The number of furan rings is 1. The van der Waals surface area contributed by atoms with Gasteiger partial charge in [-0.25, -0.2) is 4.79 Å². The molecule has 1 N–H and O–H groups in total. The van der Waals surface area contributed by atoms with Crippen molar-refractivity contribution in [1.29, 1.82) is 0 Å². The van der Waals surface area contributed by atoms with Crippen molar-refractivity contribution >= 4 is 11.6 Å². The van der Waals surface area contributed by atoms with Gasteiger partial charge in [-0.2, -0.15) is 0 Å². The molecule has 1 fully saturated rings. The molecule has 1 aromatic carbocycles. The van der Waals surface area contributed by atoms with Gasteiger partial charge in [-0.05, 0) is 44.0 Å². The third-order valence-corrected chi connectivity index (χ3v) is 6.11. The van der Waals surface area contributed by atoms with E-state index in [1.807, 2.05) is 47.4 Å². The molecule has 1 saturated heterocycles. The number of piperidine rings is 1. The Morgan fingerprint density at radius 2 is 1.81 bits per heavy atom. The van der Waals surface area contributed by atoms with Crippen molar-refractivity contribution in [2.75, 3.05) is 24.5 Å². The largest absolute Gasteiger partial charge is 0.469 e. The molecule has 0 saturated carbocycles. The first-order valence-electron chi connectivity index (χ1n) is 10.9. The SMILES string of the molecule is Cc1c(N2CCC(C(=O)NCCc3ccco3)CC2)c(=O)n(C)c(=O)n1-c1ccccc1. The number of hydrogen-bond donors (Lipinski definition) is 1. The van der Waals surface area contributed by atoms with Gasteiger partial charge in [-0.1, -0.05) is 18.2 Å². The van der Waals surface area contributed by atoms with E-state index in [0.29, 0.717) is 50.3 Å². The summed E-state index contributed by atoms with van der Waals surface area (Å²) < 4.78 is 8.02. The number of amides is 1. The third-order valence-electron chi connectivity index (χ3n) is 6.11. The van der Waals surface area contributed by atoms with Crippen molar-refractivity contribution in [3.63, 3.8) is 0 Å². The first kappa shape index (κ1) is 21.7. The van der Waals surface area contributed by atoms with Crippen molar-refractivity contribution in [3.8, 4) is 5.69 Å². The molecule has 1 amide bonds. The van der Waals surface area contributed by atoms with Gasteiger partial charge in [-0.3, -0.25) is 18.7 Å². The Morgan fingerprint density at radius 3 is 2.47 bits per heavy atom. The molecule has 1 aliphatic rings. The zero-order chi connectivity index (χ0) is 22.7. The lowest BCUT2D eigenvalue weighted by Gasteiger charge is -2.34. The molecule has 3 heterocycles. The molecule has 3 aromatic rings. The smallest absolute Gasteiger partial charge is 0.335 e. The monoisotopic (exact) mass is 436 g/mol. The first-order valence-corrected chi connectivity index (χ1v) is 10.9. The highest BCUT2D eigenvalue weighted by Crippen LogP contribution is 2.24. The predicted octanol–water partition coefficient (Wildman–Crippen LogP) is 2.01.